The molecule has 0 aliphatic rings. The van der Waals surface area contributed by atoms with Gasteiger partial charge in [0.25, 0.3) is 0 Å². The van der Waals surface area contributed by atoms with Gasteiger partial charge in [-0.15, -0.1) is 11.3 Å². The van der Waals surface area contributed by atoms with Crippen LogP contribution in [0.2, 0.25) is 0 Å². The van der Waals surface area contributed by atoms with Gasteiger partial charge < -0.3 is 4.74 Å². The molecule has 2 rings (SSSR count). The minimum atomic E-state index is -0.597. The van der Waals surface area contributed by atoms with Gasteiger partial charge in [-0.05, 0) is 43.2 Å². The molecule has 0 spiro atoms. The van der Waals surface area contributed by atoms with E-state index < -0.39 is 5.41 Å². The summed E-state index contributed by atoms with van der Waals surface area (Å²) in [5.41, 5.74) is 0.448. The molecular weight excluding hydrogens is 232 g/mol. The molecule has 1 heterocycles. The molecule has 0 radical (unpaired) electrons. The summed E-state index contributed by atoms with van der Waals surface area (Å²) in [6.07, 6.45) is 0. The standard InChI is InChI=1S/C14H16O2S/c1-4-16-13(15)14(2,3)11-7-5-6-10-8-9-17-12(10)11/h5-9H,4H2,1-3H3. The summed E-state index contributed by atoms with van der Waals surface area (Å²) in [4.78, 5) is 12.0. The van der Waals surface area contributed by atoms with Crippen LogP contribution >= 0.6 is 11.3 Å². The second-order valence-corrected chi connectivity index (χ2v) is 5.41. The number of esters is 1. The Kier molecular flexibility index (Phi) is 3.20. The molecular formula is C14H16O2S. The lowest BCUT2D eigenvalue weighted by molar-refractivity contribution is -0.148. The molecule has 0 atom stereocenters. The molecule has 0 fully saturated rings. The topological polar surface area (TPSA) is 26.3 Å². The molecule has 2 nitrogen and oxygen atoms in total. The Hall–Kier alpha value is -1.35. The largest absolute Gasteiger partial charge is 0.465 e. The third-order valence-electron chi connectivity index (χ3n) is 2.94. The van der Waals surface area contributed by atoms with Crippen molar-refractivity contribution in [3.63, 3.8) is 0 Å². The van der Waals surface area contributed by atoms with Gasteiger partial charge in [-0.1, -0.05) is 18.2 Å². The van der Waals surface area contributed by atoms with Crippen LogP contribution in [0.3, 0.4) is 0 Å². The first-order valence-electron chi connectivity index (χ1n) is 5.71. The molecule has 0 bridgehead atoms. The van der Waals surface area contributed by atoms with Crippen molar-refractivity contribution in [2.45, 2.75) is 26.2 Å². The van der Waals surface area contributed by atoms with Gasteiger partial charge in [-0.3, -0.25) is 4.79 Å². The maximum Gasteiger partial charge on any atom is 0.316 e. The quantitative estimate of drug-likeness (QED) is 0.773. The number of benzene rings is 1. The molecule has 0 aliphatic carbocycles. The van der Waals surface area contributed by atoms with Crippen molar-refractivity contribution in [1.29, 1.82) is 0 Å². The highest BCUT2D eigenvalue weighted by atomic mass is 32.1. The highest BCUT2D eigenvalue weighted by Gasteiger charge is 2.33. The zero-order chi connectivity index (χ0) is 12.5. The van der Waals surface area contributed by atoms with Gasteiger partial charge in [0, 0.05) is 4.70 Å². The molecule has 3 heteroatoms. The maximum absolute atomic E-state index is 12.0. The molecule has 1 aromatic heterocycles. The summed E-state index contributed by atoms with van der Waals surface area (Å²) >= 11 is 1.67. The fourth-order valence-corrected chi connectivity index (χ4v) is 2.98. The fraction of sp³-hybridized carbons (Fsp3) is 0.357. The first kappa shape index (κ1) is 12.1. The van der Waals surface area contributed by atoms with Crippen LogP contribution in [0.5, 0.6) is 0 Å². The SMILES string of the molecule is CCOC(=O)C(C)(C)c1cccc2ccsc12. The lowest BCUT2D eigenvalue weighted by atomic mass is 9.84. The van der Waals surface area contributed by atoms with E-state index in [4.69, 9.17) is 4.74 Å². The average molecular weight is 248 g/mol. The van der Waals surface area contributed by atoms with Crippen molar-refractivity contribution in [3.05, 3.63) is 35.2 Å². The smallest absolute Gasteiger partial charge is 0.316 e. The highest BCUT2D eigenvalue weighted by Crippen LogP contribution is 2.34. The van der Waals surface area contributed by atoms with Gasteiger partial charge in [0.2, 0.25) is 0 Å². The summed E-state index contributed by atoms with van der Waals surface area (Å²) in [5.74, 6) is -0.166. The predicted octanol–water partition coefficient (Wildman–Crippen LogP) is 3.74. The van der Waals surface area contributed by atoms with Gasteiger partial charge in [0.1, 0.15) is 0 Å². The first-order chi connectivity index (χ1) is 8.07. The number of rotatable bonds is 3. The lowest BCUT2D eigenvalue weighted by Gasteiger charge is -2.23. The van der Waals surface area contributed by atoms with Crippen LogP contribution in [-0.2, 0) is 14.9 Å². The van der Waals surface area contributed by atoms with E-state index in [-0.39, 0.29) is 5.97 Å². The second kappa shape index (κ2) is 4.49. The molecule has 1 aromatic carbocycles. The van der Waals surface area contributed by atoms with Crippen molar-refractivity contribution in [2.24, 2.45) is 0 Å². The Labute approximate surface area is 105 Å². The van der Waals surface area contributed by atoms with E-state index >= 15 is 0 Å². The van der Waals surface area contributed by atoms with E-state index in [1.165, 1.54) is 10.1 Å². The third kappa shape index (κ3) is 2.07. The normalized spacial score (nSPS) is 11.7. The number of carbonyl (C=O) groups excluding carboxylic acids is 1. The fourth-order valence-electron chi connectivity index (χ4n) is 1.91. The van der Waals surface area contributed by atoms with Crippen LogP contribution in [0.4, 0.5) is 0 Å². The molecule has 17 heavy (non-hydrogen) atoms. The van der Waals surface area contributed by atoms with Gasteiger partial charge in [0.05, 0.1) is 12.0 Å². The molecule has 2 aromatic rings. The van der Waals surface area contributed by atoms with Crippen LogP contribution < -0.4 is 0 Å². The van der Waals surface area contributed by atoms with E-state index in [9.17, 15) is 4.79 Å². The number of fused-ring (bicyclic) bond motifs is 1. The second-order valence-electron chi connectivity index (χ2n) is 4.49. The average Bonchev–Trinajstić information content (AvgIpc) is 2.76. The van der Waals surface area contributed by atoms with Gasteiger partial charge in [-0.25, -0.2) is 0 Å². The van der Waals surface area contributed by atoms with Crippen molar-refractivity contribution in [2.75, 3.05) is 6.61 Å². The van der Waals surface area contributed by atoms with Crippen molar-refractivity contribution >= 4 is 27.4 Å². The van der Waals surface area contributed by atoms with Crippen LogP contribution in [0, 0.1) is 0 Å². The summed E-state index contributed by atoms with van der Waals surface area (Å²) in [6.45, 7) is 6.08. The number of hydrogen-bond donors (Lipinski definition) is 0. The Morgan fingerprint density at radius 1 is 1.35 bits per heavy atom. The zero-order valence-corrected chi connectivity index (χ0v) is 11.1. The minimum absolute atomic E-state index is 0.166. The van der Waals surface area contributed by atoms with Gasteiger partial charge >= 0.3 is 5.97 Å². The number of hydrogen-bond acceptors (Lipinski definition) is 3. The monoisotopic (exact) mass is 248 g/mol. The predicted molar refractivity (Wildman–Crippen MR) is 71.5 cm³/mol. The Morgan fingerprint density at radius 3 is 2.82 bits per heavy atom. The van der Waals surface area contributed by atoms with Crippen LogP contribution in [-0.4, -0.2) is 12.6 Å². The summed E-state index contributed by atoms with van der Waals surface area (Å²) in [7, 11) is 0. The maximum atomic E-state index is 12.0. The van der Waals surface area contributed by atoms with Gasteiger partial charge in [0.15, 0.2) is 0 Å². The Bertz CT molecular complexity index is 540. The molecule has 90 valence electrons. The summed E-state index contributed by atoms with van der Waals surface area (Å²) in [5, 5.41) is 3.24. The van der Waals surface area contributed by atoms with Crippen molar-refractivity contribution in [1.82, 2.24) is 0 Å². The zero-order valence-electron chi connectivity index (χ0n) is 10.3. The van der Waals surface area contributed by atoms with E-state index in [1.54, 1.807) is 11.3 Å². The molecule has 0 saturated carbocycles. The van der Waals surface area contributed by atoms with E-state index in [0.29, 0.717) is 6.61 Å². The van der Waals surface area contributed by atoms with Crippen LogP contribution in [0.25, 0.3) is 10.1 Å². The molecule has 0 saturated heterocycles. The Balaban J connectivity index is 2.51. The number of carbonyl (C=O) groups is 1. The molecule has 0 N–H and O–H groups in total. The van der Waals surface area contributed by atoms with E-state index in [0.717, 1.165) is 5.56 Å². The first-order valence-corrected chi connectivity index (χ1v) is 6.59. The minimum Gasteiger partial charge on any atom is -0.465 e. The number of thiophene rings is 1. The van der Waals surface area contributed by atoms with Crippen molar-refractivity contribution in [3.8, 4) is 0 Å². The van der Waals surface area contributed by atoms with E-state index in [2.05, 4.69) is 17.5 Å². The van der Waals surface area contributed by atoms with Crippen LogP contribution in [0.1, 0.15) is 26.3 Å². The number of ether oxygens (including phenoxy) is 1. The van der Waals surface area contributed by atoms with Crippen LogP contribution in [0.15, 0.2) is 29.6 Å². The highest BCUT2D eigenvalue weighted by molar-refractivity contribution is 7.17. The van der Waals surface area contributed by atoms with E-state index in [1.807, 2.05) is 32.9 Å². The van der Waals surface area contributed by atoms with Crippen molar-refractivity contribution < 1.29 is 9.53 Å². The molecule has 0 unspecified atom stereocenters. The third-order valence-corrected chi connectivity index (χ3v) is 3.90. The molecule has 0 amide bonds. The summed E-state index contributed by atoms with van der Waals surface area (Å²) < 4.78 is 6.32. The summed E-state index contributed by atoms with van der Waals surface area (Å²) in [6, 6.07) is 8.14. The Morgan fingerprint density at radius 2 is 2.12 bits per heavy atom. The molecule has 0 aliphatic heterocycles. The van der Waals surface area contributed by atoms with Gasteiger partial charge in [-0.2, -0.15) is 0 Å². The lowest BCUT2D eigenvalue weighted by Crippen LogP contribution is -2.31.